The lowest BCUT2D eigenvalue weighted by molar-refractivity contribution is 0.158. The summed E-state index contributed by atoms with van der Waals surface area (Å²) in [7, 11) is 0. The zero-order valence-electron chi connectivity index (χ0n) is 10.6. The molecule has 0 radical (unpaired) electrons. The van der Waals surface area contributed by atoms with E-state index in [9.17, 15) is 4.79 Å². The van der Waals surface area contributed by atoms with Crippen LogP contribution >= 0.6 is 0 Å². The highest BCUT2D eigenvalue weighted by atomic mass is 16.5. The van der Waals surface area contributed by atoms with Crippen molar-refractivity contribution in [3.63, 3.8) is 0 Å². The van der Waals surface area contributed by atoms with E-state index in [1.807, 2.05) is 39.0 Å². The Morgan fingerprint density at radius 2 is 2.00 bits per heavy atom. The molecule has 92 valence electrons. The normalized spacial score (nSPS) is 16.4. The Labute approximate surface area is 105 Å². The molecule has 0 aliphatic carbocycles. The fraction of sp³-hybridized carbons (Fsp3) is 0.267. The second kappa shape index (κ2) is 3.48. The molecule has 0 spiro atoms. The van der Waals surface area contributed by atoms with Gasteiger partial charge >= 0.3 is 5.63 Å². The van der Waals surface area contributed by atoms with E-state index in [0.717, 1.165) is 22.3 Å². The first-order valence-corrected chi connectivity index (χ1v) is 5.92. The number of aryl methyl sites for hydroxylation is 1. The first-order chi connectivity index (χ1) is 8.46. The maximum Gasteiger partial charge on any atom is 0.336 e. The third-order valence-corrected chi connectivity index (χ3v) is 3.10. The minimum absolute atomic E-state index is 0.333. The lowest BCUT2D eigenvalue weighted by Gasteiger charge is -2.29. The molecule has 3 rings (SSSR count). The Kier molecular flexibility index (Phi) is 2.14. The molecule has 0 amide bonds. The van der Waals surface area contributed by atoms with Gasteiger partial charge < -0.3 is 9.15 Å². The van der Waals surface area contributed by atoms with Crippen molar-refractivity contribution in [3.05, 3.63) is 45.8 Å². The predicted molar refractivity (Wildman–Crippen MR) is 71.0 cm³/mol. The molecule has 0 saturated heterocycles. The Hall–Kier alpha value is -2.03. The molecule has 1 aromatic carbocycles. The van der Waals surface area contributed by atoms with Crippen LogP contribution in [0.5, 0.6) is 5.75 Å². The van der Waals surface area contributed by atoms with Gasteiger partial charge in [0.1, 0.15) is 16.9 Å². The zero-order valence-corrected chi connectivity index (χ0v) is 10.6. The van der Waals surface area contributed by atoms with Crippen LogP contribution in [0.3, 0.4) is 0 Å². The van der Waals surface area contributed by atoms with Crippen molar-refractivity contribution in [1.29, 1.82) is 0 Å². The van der Waals surface area contributed by atoms with Gasteiger partial charge in [-0.3, -0.25) is 0 Å². The third-order valence-electron chi connectivity index (χ3n) is 3.10. The smallest absolute Gasteiger partial charge is 0.336 e. The summed E-state index contributed by atoms with van der Waals surface area (Å²) in [4.78, 5) is 11.3. The summed E-state index contributed by atoms with van der Waals surface area (Å²) >= 11 is 0. The van der Waals surface area contributed by atoms with Gasteiger partial charge in [-0.2, -0.15) is 0 Å². The summed E-state index contributed by atoms with van der Waals surface area (Å²) in [6.07, 6.45) is 3.94. The van der Waals surface area contributed by atoms with Gasteiger partial charge in [0, 0.05) is 11.5 Å². The van der Waals surface area contributed by atoms with Crippen molar-refractivity contribution in [2.24, 2.45) is 0 Å². The lowest BCUT2D eigenvalue weighted by atomic mass is 9.98. The van der Waals surface area contributed by atoms with Gasteiger partial charge in [0.05, 0.1) is 5.56 Å². The molecule has 0 atom stereocenters. The quantitative estimate of drug-likeness (QED) is 0.665. The summed E-state index contributed by atoms with van der Waals surface area (Å²) in [5.41, 5.74) is 1.81. The molecule has 3 heteroatoms. The average molecular weight is 242 g/mol. The highest BCUT2D eigenvalue weighted by molar-refractivity contribution is 5.90. The maximum absolute atomic E-state index is 11.3. The number of benzene rings is 1. The monoisotopic (exact) mass is 242 g/mol. The van der Waals surface area contributed by atoms with Crippen LogP contribution in [0.2, 0.25) is 0 Å². The first-order valence-electron chi connectivity index (χ1n) is 5.92. The number of fused-ring (bicyclic) bond motifs is 3. The largest absolute Gasteiger partial charge is 0.483 e. The van der Waals surface area contributed by atoms with Crippen LogP contribution in [0.4, 0.5) is 0 Å². The fourth-order valence-electron chi connectivity index (χ4n) is 2.23. The van der Waals surface area contributed by atoms with Gasteiger partial charge in [-0.05, 0) is 50.6 Å². The van der Waals surface area contributed by atoms with Gasteiger partial charge in [-0.25, -0.2) is 4.79 Å². The number of rotatable bonds is 0. The summed E-state index contributed by atoms with van der Waals surface area (Å²) in [5, 5.41) is 0.916. The van der Waals surface area contributed by atoms with Crippen molar-refractivity contribution in [1.82, 2.24) is 0 Å². The Balaban J connectivity index is 2.40. The first kappa shape index (κ1) is 11.1. The highest BCUT2D eigenvalue weighted by Crippen LogP contribution is 2.38. The third kappa shape index (κ3) is 1.63. The minimum Gasteiger partial charge on any atom is -0.483 e. The number of hydrogen-bond acceptors (Lipinski definition) is 3. The molecular weight excluding hydrogens is 228 g/mol. The predicted octanol–water partition coefficient (Wildman–Crippen LogP) is 3.29. The van der Waals surface area contributed by atoms with Crippen LogP contribution < -0.4 is 10.4 Å². The molecule has 0 unspecified atom stereocenters. The SMILES string of the molecule is Cc1cc2ccc(=O)oc2c2c1OC(C)(C)C=C2. The van der Waals surface area contributed by atoms with Crippen molar-refractivity contribution in [2.45, 2.75) is 26.4 Å². The van der Waals surface area contributed by atoms with Crippen molar-refractivity contribution < 1.29 is 9.15 Å². The molecule has 0 bridgehead atoms. The molecule has 1 aliphatic heterocycles. The Morgan fingerprint density at radius 1 is 1.22 bits per heavy atom. The van der Waals surface area contributed by atoms with E-state index < -0.39 is 0 Å². The molecule has 1 aliphatic rings. The minimum atomic E-state index is -0.341. The molecule has 18 heavy (non-hydrogen) atoms. The van der Waals surface area contributed by atoms with E-state index >= 15 is 0 Å². The standard InChI is InChI=1S/C15H14O3/c1-9-8-10-4-5-12(16)17-14(10)11-6-7-15(2,3)18-13(9)11/h4-8H,1-3H3. The Morgan fingerprint density at radius 3 is 2.78 bits per heavy atom. The Bertz CT molecular complexity index is 720. The van der Waals surface area contributed by atoms with Crippen molar-refractivity contribution >= 4 is 17.0 Å². The van der Waals surface area contributed by atoms with Crippen LogP contribution in [0.15, 0.2) is 33.5 Å². The van der Waals surface area contributed by atoms with Gasteiger partial charge in [-0.1, -0.05) is 0 Å². The second-order valence-electron chi connectivity index (χ2n) is 5.15. The summed E-state index contributed by atoms with van der Waals surface area (Å²) in [5.74, 6) is 0.796. The molecule has 2 heterocycles. The molecule has 0 saturated carbocycles. The highest BCUT2D eigenvalue weighted by Gasteiger charge is 2.25. The molecular formula is C15H14O3. The summed E-state index contributed by atoms with van der Waals surface area (Å²) in [6.45, 7) is 5.99. The number of hydrogen-bond donors (Lipinski definition) is 0. The second-order valence-corrected chi connectivity index (χ2v) is 5.15. The van der Waals surface area contributed by atoms with Crippen molar-refractivity contribution in [3.8, 4) is 5.75 Å². The van der Waals surface area contributed by atoms with E-state index in [0.29, 0.717) is 5.58 Å². The van der Waals surface area contributed by atoms with Crippen LogP contribution in [0.25, 0.3) is 17.0 Å². The summed E-state index contributed by atoms with van der Waals surface area (Å²) in [6, 6.07) is 5.19. The number of ether oxygens (including phenoxy) is 1. The maximum atomic E-state index is 11.3. The molecule has 0 fully saturated rings. The molecule has 2 aromatic rings. The zero-order chi connectivity index (χ0) is 12.9. The lowest BCUT2D eigenvalue weighted by Crippen LogP contribution is -2.28. The van der Waals surface area contributed by atoms with Crippen LogP contribution in [-0.2, 0) is 0 Å². The van der Waals surface area contributed by atoms with E-state index in [1.165, 1.54) is 6.07 Å². The molecule has 3 nitrogen and oxygen atoms in total. The van der Waals surface area contributed by atoms with Crippen LogP contribution in [0, 0.1) is 6.92 Å². The van der Waals surface area contributed by atoms with Gasteiger partial charge in [0.2, 0.25) is 0 Å². The van der Waals surface area contributed by atoms with E-state index in [-0.39, 0.29) is 11.2 Å². The molecule has 0 N–H and O–H groups in total. The topological polar surface area (TPSA) is 39.4 Å². The average Bonchev–Trinajstić information content (AvgIpc) is 2.29. The van der Waals surface area contributed by atoms with E-state index in [4.69, 9.17) is 9.15 Å². The fourth-order valence-corrected chi connectivity index (χ4v) is 2.23. The van der Waals surface area contributed by atoms with E-state index in [2.05, 4.69) is 0 Å². The molecule has 1 aromatic heterocycles. The van der Waals surface area contributed by atoms with Gasteiger partial charge in [0.15, 0.2) is 0 Å². The van der Waals surface area contributed by atoms with Crippen molar-refractivity contribution in [2.75, 3.05) is 0 Å². The summed E-state index contributed by atoms with van der Waals surface area (Å²) < 4.78 is 11.2. The van der Waals surface area contributed by atoms with E-state index in [1.54, 1.807) is 6.07 Å². The van der Waals surface area contributed by atoms with Crippen LogP contribution in [0.1, 0.15) is 25.0 Å². The van der Waals surface area contributed by atoms with Gasteiger partial charge in [0.25, 0.3) is 0 Å². The van der Waals surface area contributed by atoms with Crippen LogP contribution in [-0.4, -0.2) is 5.60 Å². The van der Waals surface area contributed by atoms with Gasteiger partial charge in [-0.15, -0.1) is 0 Å².